The zero-order chi connectivity index (χ0) is 15.4. The molecular weight excluding hydrogens is 280 g/mol. The van der Waals surface area contributed by atoms with E-state index in [2.05, 4.69) is 15.0 Å². The van der Waals surface area contributed by atoms with Crippen LogP contribution in [-0.2, 0) is 0 Å². The van der Waals surface area contributed by atoms with Crippen LogP contribution in [0.4, 0.5) is 5.69 Å². The van der Waals surface area contributed by atoms with E-state index in [1.807, 2.05) is 18.2 Å². The van der Waals surface area contributed by atoms with Gasteiger partial charge in [0.1, 0.15) is 6.26 Å². The van der Waals surface area contributed by atoms with Crippen LogP contribution in [-0.4, -0.2) is 16.8 Å². The molecule has 0 aliphatic heterocycles. The van der Waals surface area contributed by atoms with Crippen LogP contribution < -0.4 is 5.32 Å². The van der Waals surface area contributed by atoms with Crippen LogP contribution in [0.15, 0.2) is 71.6 Å². The second-order valence-corrected chi connectivity index (χ2v) is 4.64. The molecule has 0 saturated carbocycles. The zero-order valence-corrected chi connectivity index (χ0v) is 11.5. The van der Waals surface area contributed by atoms with Crippen molar-refractivity contribution in [1.29, 1.82) is 0 Å². The standard InChI is InChI=1S/C17H12N2O3/c20-16(12-4-2-1-3-5-12)13-6-8-15(9-7-13)19-17(21)14-10-18-22-11-14/h1-11H,(H,19,21). The summed E-state index contributed by atoms with van der Waals surface area (Å²) in [6.45, 7) is 0. The molecule has 0 radical (unpaired) electrons. The average Bonchev–Trinajstić information content (AvgIpc) is 3.10. The number of anilines is 1. The topological polar surface area (TPSA) is 72.2 Å². The minimum Gasteiger partial charge on any atom is -0.364 e. The van der Waals surface area contributed by atoms with Crippen molar-refractivity contribution in [2.45, 2.75) is 0 Å². The number of amides is 1. The molecule has 0 atom stereocenters. The van der Waals surface area contributed by atoms with E-state index in [-0.39, 0.29) is 11.7 Å². The lowest BCUT2D eigenvalue weighted by atomic mass is 10.0. The molecule has 3 aromatic rings. The maximum atomic E-state index is 12.3. The molecule has 1 heterocycles. The summed E-state index contributed by atoms with van der Waals surface area (Å²) in [6, 6.07) is 15.8. The molecule has 1 amide bonds. The van der Waals surface area contributed by atoms with E-state index in [0.717, 1.165) is 0 Å². The van der Waals surface area contributed by atoms with Crippen molar-refractivity contribution in [3.63, 3.8) is 0 Å². The summed E-state index contributed by atoms with van der Waals surface area (Å²) < 4.78 is 4.62. The number of nitrogens with zero attached hydrogens (tertiary/aromatic N) is 1. The van der Waals surface area contributed by atoms with Gasteiger partial charge in [0.2, 0.25) is 0 Å². The van der Waals surface area contributed by atoms with Crippen LogP contribution in [0.5, 0.6) is 0 Å². The highest BCUT2D eigenvalue weighted by Crippen LogP contribution is 2.14. The summed E-state index contributed by atoms with van der Waals surface area (Å²) >= 11 is 0. The molecule has 5 heteroatoms. The largest absolute Gasteiger partial charge is 0.364 e. The molecular formula is C17H12N2O3. The lowest BCUT2D eigenvalue weighted by Crippen LogP contribution is -2.11. The second-order valence-electron chi connectivity index (χ2n) is 4.64. The van der Waals surface area contributed by atoms with E-state index < -0.39 is 0 Å². The van der Waals surface area contributed by atoms with E-state index in [0.29, 0.717) is 22.4 Å². The Morgan fingerprint density at radius 3 is 2.18 bits per heavy atom. The molecule has 1 aromatic heterocycles. The van der Waals surface area contributed by atoms with Gasteiger partial charge in [-0.3, -0.25) is 9.59 Å². The first-order valence-corrected chi connectivity index (χ1v) is 6.64. The van der Waals surface area contributed by atoms with Crippen molar-refractivity contribution in [2.24, 2.45) is 0 Å². The molecule has 0 unspecified atom stereocenters. The Hall–Kier alpha value is -3.21. The molecule has 0 aliphatic carbocycles. The predicted octanol–water partition coefficient (Wildman–Crippen LogP) is 3.16. The van der Waals surface area contributed by atoms with Crippen molar-refractivity contribution in [1.82, 2.24) is 5.16 Å². The number of carbonyl (C=O) groups is 2. The molecule has 0 saturated heterocycles. The van der Waals surface area contributed by atoms with Gasteiger partial charge in [0.15, 0.2) is 5.78 Å². The predicted molar refractivity (Wildman–Crippen MR) is 80.8 cm³/mol. The number of aromatic nitrogens is 1. The molecule has 5 nitrogen and oxygen atoms in total. The summed E-state index contributed by atoms with van der Waals surface area (Å²) in [7, 11) is 0. The van der Waals surface area contributed by atoms with Crippen molar-refractivity contribution in [2.75, 3.05) is 5.32 Å². The van der Waals surface area contributed by atoms with Crippen LogP contribution in [0.2, 0.25) is 0 Å². The third kappa shape index (κ3) is 2.93. The molecule has 22 heavy (non-hydrogen) atoms. The summed E-state index contributed by atoms with van der Waals surface area (Å²) in [6.07, 6.45) is 2.60. The molecule has 0 aliphatic rings. The third-order valence-electron chi connectivity index (χ3n) is 3.14. The lowest BCUT2D eigenvalue weighted by molar-refractivity contribution is 0.102. The fourth-order valence-corrected chi connectivity index (χ4v) is 1.98. The summed E-state index contributed by atoms with van der Waals surface area (Å²) in [5, 5.41) is 6.18. The van der Waals surface area contributed by atoms with Crippen LogP contribution >= 0.6 is 0 Å². The highest BCUT2D eigenvalue weighted by molar-refractivity contribution is 6.09. The number of carbonyl (C=O) groups excluding carboxylic acids is 2. The Balaban J connectivity index is 1.73. The first-order valence-electron chi connectivity index (χ1n) is 6.64. The van der Waals surface area contributed by atoms with E-state index in [9.17, 15) is 9.59 Å². The molecule has 0 spiro atoms. The highest BCUT2D eigenvalue weighted by Gasteiger charge is 2.10. The first kappa shape index (κ1) is 13.8. The fraction of sp³-hybridized carbons (Fsp3) is 0. The van der Waals surface area contributed by atoms with Gasteiger partial charge in [-0.2, -0.15) is 0 Å². The maximum absolute atomic E-state index is 12.3. The summed E-state index contributed by atoms with van der Waals surface area (Å²) in [5.41, 5.74) is 2.12. The van der Waals surface area contributed by atoms with Crippen LogP contribution in [0.1, 0.15) is 26.3 Å². The van der Waals surface area contributed by atoms with Gasteiger partial charge in [0.25, 0.3) is 5.91 Å². The van der Waals surface area contributed by atoms with E-state index in [1.54, 1.807) is 36.4 Å². The number of hydrogen-bond donors (Lipinski definition) is 1. The Morgan fingerprint density at radius 1 is 0.864 bits per heavy atom. The molecule has 0 bridgehead atoms. The quantitative estimate of drug-likeness (QED) is 0.750. The van der Waals surface area contributed by atoms with E-state index >= 15 is 0 Å². The molecule has 3 rings (SSSR count). The molecule has 108 valence electrons. The van der Waals surface area contributed by atoms with Crippen molar-refractivity contribution >= 4 is 17.4 Å². The van der Waals surface area contributed by atoms with E-state index in [1.165, 1.54) is 12.5 Å². The molecule has 2 aromatic carbocycles. The Kier molecular flexibility index (Phi) is 3.78. The Bertz CT molecular complexity index is 779. The monoisotopic (exact) mass is 292 g/mol. The van der Waals surface area contributed by atoms with Gasteiger partial charge in [-0.05, 0) is 24.3 Å². The number of ketones is 1. The number of hydrogen-bond acceptors (Lipinski definition) is 4. The summed E-state index contributed by atoms with van der Waals surface area (Å²) in [4.78, 5) is 24.1. The normalized spacial score (nSPS) is 10.2. The second kappa shape index (κ2) is 6.05. The molecule has 0 fully saturated rings. The first-order chi connectivity index (χ1) is 10.7. The van der Waals surface area contributed by atoms with Gasteiger partial charge in [0, 0.05) is 16.8 Å². The number of nitrogens with one attached hydrogen (secondary N) is 1. The van der Waals surface area contributed by atoms with Crippen LogP contribution in [0.25, 0.3) is 0 Å². The molecule has 1 N–H and O–H groups in total. The minimum atomic E-state index is -0.316. The average molecular weight is 292 g/mol. The van der Waals surface area contributed by atoms with Gasteiger partial charge < -0.3 is 9.84 Å². The van der Waals surface area contributed by atoms with E-state index in [4.69, 9.17) is 0 Å². The highest BCUT2D eigenvalue weighted by atomic mass is 16.5. The van der Waals surface area contributed by atoms with Gasteiger partial charge in [-0.15, -0.1) is 0 Å². The van der Waals surface area contributed by atoms with Crippen molar-refractivity contribution < 1.29 is 14.1 Å². The lowest BCUT2D eigenvalue weighted by Gasteiger charge is -2.05. The van der Waals surface area contributed by atoms with Crippen LogP contribution in [0, 0.1) is 0 Å². The summed E-state index contributed by atoms with van der Waals surface area (Å²) in [5.74, 6) is -0.374. The van der Waals surface area contributed by atoms with Crippen molar-refractivity contribution in [3.8, 4) is 0 Å². The zero-order valence-electron chi connectivity index (χ0n) is 11.5. The smallest absolute Gasteiger partial charge is 0.260 e. The number of benzene rings is 2. The fourth-order valence-electron chi connectivity index (χ4n) is 1.98. The Morgan fingerprint density at radius 2 is 1.55 bits per heavy atom. The third-order valence-corrected chi connectivity index (χ3v) is 3.14. The van der Waals surface area contributed by atoms with Crippen LogP contribution in [0.3, 0.4) is 0 Å². The van der Waals surface area contributed by atoms with Crippen molar-refractivity contribution in [3.05, 3.63) is 83.7 Å². The number of rotatable bonds is 4. The Labute approximate surface area is 126 Å². The van der Waals surface area contributed by atoms with Gasteiger partial charge in [-0.25, -0.2) is 0 Å². The van der Waals surface area contributed by atoms with Gasteiger partial charge in [0.05, 0.1) is 11.8 Å². The van der Waals surface area contributed by atoms with Gasteiger partial charge in [-0.1, -0.05) is 35.5 Å². The maximum Gasteiger partial charge on any atom is 0.260 e. The SMILES string of the molecule is O=C(Nc1ccc(C(=O)c2ccccc2)cc1)c1cnoc1. The van der Waals surface area contributed by atoms with Gasteiger partial charge >= 0.3 is 0 Å². The minimum absolute atomic E-state index is 0.0579.